The van der Waals surface area contributed by atoms with Crippen LogP contribution in [-0.4, -0.2) is 28.0 Å². The molecule has 0 spiro atoms. The zero-order chi connectivity index (χ0) is 14.2. The van der Waals surface area contributed by atoms with Crippen molar-refractivity contribution in [1.82, 2.24) is 9.97 Å². The third kappa shape index (κ3) is 2.58. The lowest BCUT2D eigenvalue weighted by atomic mass is 9.93. The van der Waals surface area contributed by atoms with E-state index in [9.17, 15) is 10.1 Å². The fourth-order valence-electron chi connectivity index (χ4n) is 2.34. The normalized spacial score (nSPS) is 17.6. The second-order valence-corrected chi connectivity index (χ2v) is 5.54. The van der Waals surface area contributed by atoms with Crippen molar-refractivity contribution >= 4 is 17.5 Å². The Hall–Kier alpha value is -1.96. The van der Waals surface area contributed by atoms with Crippen molar-refractivity contribution in [2.75, 3.05) is 23.4 Å². The molecule has 0 atom stereocenters. The van der Waals surface area contributed by atoms with Crippen LogP contribution in [0.2, 0.25) is 0 Å². The van der Waals surface area contributed by atoms with Crippen LogP contribution in [-0.2, 0) is 0 Å². The molecule has 0 bridgehead atoms. The third-order valence-electron chi connectivity index (χ3n) is 3.33. The Balaban J connectivity index is 2.48. The topological polar surface area (TPSA) is 110 Å². The molecule has 0 amide bonds. The maximum Gasteiger partial charge on any atom is 0.332 e. The molecule has 0 aliphatic carbocycles. The molecule has 1 saturated heterocycles. The maximum atomic E-state index is 11.2. The van der Waals surface area contributed by atoms with Crippen molar-refractivity contribution in [3.8, 4) is 0 Å². The lowest BCUT2D eigenvalue weighted by molar-refractivity contribution is -0.385. The number of aryl methyl sites for hydroxylation is 1. The average molecular weight is 266 g/mol. The van der Waals surface area contributed by atoms with E-state index in [0.717, 1.165) is 19.5 Å². The number of hydrogen-bond acceptors (Lipinski definition) is 7. The fourth-order valence-corrected chi connectivity index (χ4v) is 2.34. The standard InChI is InChI=1S/C11H18N6O2/c1-7-8(17(18)19)9(14-10(13-7)15-12)16-5-4-11(2,3)6-16/h4-6,12H2,1-3H3,(H,13,14,15). The number of nitrogens with one attached hydrogen (secondary N) is 1. The molecule has 8 heteroatoms. The molecule has 2 rings (SSSR count). The highest BCUT2D eigenvalue weighted by Gasteiger charge is 2.35. The molecule has 3 N–H and O–H groups in total. The van der Waals surface area contributed by atoms with Crippen LogP contribution in [0.1, 0.15) is 26.0 Å². The summed E-state index contributed by atoms with van der Waals surface area (Å²) in [6.07, 6.45) is 0.971. The highest BCUT2D eigenvalue weighted by Crippen LogP contribution is 2.37. The molecular formula is C11H18N6O2. The molecule has 0 aromatic carbocycles. The van der Waals surface area contributed by atoms with Crippen molar-refractivity contribution in [3.05, 3.63) is 15.8 Å². The van der Waals surface area contributed by atoms with Gasteiger partial charge in [0.05, 0.1) is 4.92 Å². The first kappa shape index (κ1) is 13.5. The second kappa shape index (κ2) is 4.61. The number of aromatic nitrogens is 2. The number of nitrogens with two attached hydrogens (primary N) is 1. The minimum absolute atomic E-state index is 0.0447. The molecule has 1 fully saturated rings. The van der Waals surface area contributed by atoms with E-state index >= 15 is 0 Å². The van der Waals surface area contributed by atoms with Crippen molar-refractivity contribution in [1.29, 1.82) is 0 Å². The monoisotopic (exact) mass is 266 g/mol. The van der Waals surface area contributed by atoms with Crippen LogP contribution in [0.25, 0.3) is 0 Å². The van der Waals surface area contributed by atoms with Crippen LogP contribution < -0.4 is 16.2 Å². The van der Waals surface area contributed by atoms with Crippen LogP contribution in [0.3, 0.4) is 0 Å². The fraction of sp³-hybridized carbons (Fsp3) is 0.636. The van der Waals surface area contributed by atoms with E-state index in [1.807, 2.05) is 4.90 Å². The highest BCUT2D eigenvalue weighted by atomic mass is 16.6. The van der Waals surface area contributed by atoms with Gasteiger partial charge in [-0.05, 0) is 18.8 Å². The molecule has 0 radical (unpaired) electrons. The summed E-state index contributed by atoms with van der Waals surface area (Å²) < 4.78 is 0. The van der Waals surface area contributed by atoms with Crippen LogP contribution >= 0.6 is 0 Å². The zero-order valence-corrected chi connectivity index (χ0v) is 11.3. The summed E-state index contributed by atoms with van der Waals surface area (Å²) in [5, 5.41) is 11.2. The lowest BCUT2D eigenvalue weighted by Crippen LogP contribution is -2.26. The number of nitro groups is 1. The number of hydrogen-bond donors (Lipinski definition) is 2. The first-order valence-electron chi connectivity index (χ1n) is 6.09. The van der Waals surface area contributed by atoms with Gasteiger partial charge in [0.2, 0.25) is 11.8 Å². The Labute approximate surface area is 111 Å². The number of nitrogens with zero attached hydrogens (tertiary/aromatic N) is 4. The number of rotatable bonds is 3. The van der Waals surface area contributed by atoms with Crippen molar-refractivity contribution in [2.45, 2.75) is 27.2 Å². The Morgan fingerprint density at radius 1 is 1.47 bits per heavy atom. The molecule has 0 unspecified atom stereocenters. The second-order valence-electron chi connectivity index (χ2n) is 5.54. The largest absolute Gasteiger partial charge is 0.350 e. The van der Waals surface area contributed by atoms with Crippen LogP contribution in [0, 0.1) is 22.5 Å². The van der Waals surface area contributed by atoms with Gasteiger partial charge in [-0.1, -0.05) is 13.8 Å². The Kier molecular flexibility index (Phi) is 3.27. The summed E-state index contributed by atoms with van der Waals surface area (Å²) in [7, 11) is 0. The van der Waals surface area contributed by atoms with E-state index in [1.54, 1.807) is 6.92 Å². The van der Waals surface area contributed by atoms with Crippen molar-refractivity contribution < 1.29 is 4.92 Å². The molecule has 19 heavy (non-hydrogen) atoms. The molecule has 2 heterocycles. The van der Waals surface area contributed by atoms with Crippen LogP contribution in [0.15, 0.2) is 0 Å². The molecule has 1 aliphatic rings. The summed E-state index contributed by atoms with van der Waals surface area (Å²) in [6, 6.07) is 0. The van der Waals surface area contributed by atoms with Gasteiger partial charge in [-0.15, -0.1) is 0 Å². The summed E-state index contributed by atoms with van der Waals surface area (Å²) in [5.74, 6) is 5.84. The van der Waals surface area contributed by atoms with Crippen LogP contribution in [0.5, 0.6) is 0 Å². The molecule has 1 aromatic rings. The van der Waals surface area contributed by atoms with Gasteiger partial charge < -0.3 is 4.90 Å². The van der Waals surface area contributed by atoms with Crippen LogP contribution in [0.4, 0.5) is 17.5 Å². The third-order valence-corrected chi connectivity index (χ3v) is 3.33. The van der Waals surface area contributed by atoms with E-state index in [4.69, 9.17) is 5.84 Å². The highest BCUT2D eigenvalue weighted by molar-refractivity contribution is 5.63. The van der Waals surface area contributed by atoms with Gasteiger partial charge in [-0.25, -0.2) is 10.8 Å². The molecule has 104 valence electrons. The molecule has 1 aliphatic heterocycles. The summed E-state index contributed by atoms with van der Waals surface area (Å²) in [6.45, 7) is 7.33. The Bertz CT molecular complexity index is 516. The van der Waals surface area contributed by atoms with Gasteiger partial charge in [-0.3, -0.25) is 15.5 Å². The minimum atomic E-state index is -0.434. The van der Waals surface area contributed by atoms with E-state index < -0.39 is 4.92 Å². The van der Waals surface area contributed by atoms with E-state index in [0.29, 0.717) is 11.5 Å². The van der Waals surface area contributed by atoms with Gasteiger partial charge in [0.25, 0.3) is 0 Å². The molecule has 8 nitrogen and oxygen atoms in total. The van der Waals surface area contributed by atoms with E-state index in [1.165, 1.54) is 0 Å². The van der Waals surface area contributed by atoms with Gasteiger partial charge in [0.1, 0.15) is 5.69 Å². The predicted molar refractivity (Wildman–Crippen MR) is 71.8 cm³/mol. The number of nitrogen functional groups attached to an aromatic ring is 1. The predicted octanol–water partition coefficient (Wildman–Crippen LogP) is 1.22. The van der Waals surface area contributed by atoms with Gasteiger partial charge in [0, 0.05) is 13.1 Å². The summed E-state index contributed by atoms with van der Waals surface area (Å²) in [5.41, 5.74) is 2.74. The Morgan fingerprint density at radius 3 is 2.63 bits per heavy atom. The average Bonchev–Trinajstić information content (AvgIpc) is 2.67. The van der Waals surface area contributed by atoms with Gasteiger partial charge >= 0.3 is 5.69 Å². The van der Waals surface area contributed by atoms with Crippen molar-refractivity contribution in [2.24, 2.45) is 11.3 Å². The zero-order valence-electron chi connectivity index (χ0n) is 11.3. The van der Waals surface area contributed by atoms with E-state index in [-0.39, 0.29) is 17.1 Å². The minimum Gasteiger partial charge on any atom is -0.350 e. The first-order valence-corrected chi connectivity index (χ1v) is 6.09. The van der Waals surface area contributed by atoms with Gasteiger partial charge in [-0.2, -0.15) is 4.98 Å². The first-order chi connectivity index (χ1) is 8.84. The quantitative estimate of drug-likeness (QED) is 0.480. The SMILES string of the molecule is Cc1nc(NN)nc(N2CCC(C)(C)C2)c1[N+](=O)[O-]. The molecule has 1 aromatic heterocycles. The maximum absolute atomic E-state index is 11.2. The number of hydrazine groups is 1. The Morgan fingerprint density at radius 2 is 2.16 bits per heavy atom. The summed E-state index contributed by atoms with van der Waals surface area (Å²) in [4.78, 5) is 20.8. The lowest BCUT2D eigenvalue weighted by Gasteiger charge is -2.21. The van der Waals surface area contributed by atoms with Gasteiger partial charge in [0.15, 0.2) is 0 Å². The smallest absolute Gasteiger partial charge is 0.332 e. The van der Waals surface area contributed by atoms with Crippen molar-refractivity contribution in [3.63, 3.8) is 0 Å². The summed E-state index contributed by atoms with van der Waals surface area (Å²) >= 11 is 0. The number of anilines is 2. The molecular weight excluding hydrogens is 248 g/mol. The molecule has 0 saturated carbocycles. The van der Waals surface area contributed by atoms with E-state index in [2.05, 4.69) is 29.2 Å².